The number of aryl methyl sites for hydroxylation is 1. The lowest BCUT2D eigenvalue weighted by atomic mass is 10.1. The molecule has 1 fully saturated rings. The van der Waals surface area contributed by atoms with Crippen LogP contribution >= 0.6 is 0 Å². The van der Waals surface area contributed by atoms with Crippen molar-refractivity contribution in [3.8, 4) is 0 Å². The second-order valence-electron chi connectivity index (χ2n) is 6.29. The minimum absolute atomic E-state index is 0.0374. The summed E-state index contributed by atoms with van der Waals surface area (Å²) in [6, 6.07) is 10.3. The van der Waals surface area contributed by atoms with Gasteiger partial charge >= 0.3 is 0 Å². The Morgan fingerprint density at radius 1 is 1.35 bits per heavy atom. The Morgan fingerprint density at radius 3 is 2.83 bits per heavy atom. The number of amides is 1. The highest BCUT2D eigenvalue weighted by Crippen LogP contribution is 2.17. The zero-order chi connectivity index (χ0) is 16.2. The molecule has 3 rings (SSSR count). The van der Waals surface area contributed by atoms with Gasteiger partial charge in [-0.3, -0.25) is 9.48 Å². The van der Waals surface area contributed by atoms with Crippen LogP contribution in [0.5, 0.6) is 0 Å². The monoisotopic (exact) mass is 312 g/mol. The zero-order valence-corrected chi connectivity index (χ0v) is 13.7. The Bertz CT molecular complexity index is 656. The SMILES string of the molecule is Cc1ccc(C(C)NC(=O)c2ccn(C3CCCNC3)n2)cc1. The van der Waals surface area contributed by atoms with E-state index in [-0.39, 0.29) is 11.9 Å². The van der Waals surface area contributed by atoms with E-state index in [1.54, 1.807) is 6.07 Å². The predicted octanol–water partition coefficient (Wildman–Crippen LogP) is 2.61. The molecule has 0 radical (unpaired) electrons. The molecule has 1 amide bonds. The summed E-state index contributed by atoms with van der Waals surface area (Å²) in [5.74, 6) is -0.124. The van der Waals surface area contributed by atoms with Crippen molar-refractivity contribution in [2.45, 2.75) is 38.8 Å². The number of benzene rings is 1. The van der Waals surface area contributed by atoms with Gasteiger partial charge in [0.2, 0.25) is 0 Å². The van der Waals surface area contributed by atoms with Crippen LogP contribution in [-0.4, -0.2) is 28.8 Å². The van der Waals surface area contributed by atoms with Gasteiger partial charge in [-0.25, -0.2) is 0 Å². The fourth-order valence-electron chi connectivity index (χ4n) is 2.93. The van der Waals surface area contributed by atoms with Crippen LogP contribution in [0.25, 0.3) is 0 Å². The van der Waals surface area contributed by atoms with Gasteiger partial charge in [0.25, 0.3) is 5.91 Å². The van der Waals surface area contributed by atoms with Gasteiger partial charge in [0.15, 0.2) is 0 Å². The minimum atomic E-state index is -0.124. The molecule has 0 saturated carbocycles. The Balaban J connectivity index is 1.63. The molecule has 2 N–H and O–H groups in total. The average molecular weight is 312 g/mol. The van der Waals surface area contributed by atoms with Gasteiger partial charge in [-0.15, -0.1) is 0 Å². The highest BCUT2D eigenvalue weighted by Gasteiger charge is 2.18. The first-order valence-electron chi connectivity index (χ1n) is 8.27. The number of hydrogen-bond acceptors (Lipinski definition) is 3. The molecule has 2 aromatic rings. The number of carbonyl (C=O) groups excluding carboxylic acids is 1. The van der Waals surface area contributed by atoms with Crippen molar-refractivity contribution in [3.05, 3.63) is 53.3 Å². The van der Waals surface area contributed by atoms with Gasteiger partial charge in [-0.1, -0.05) is 29.8 Å². The van der Waals surface area contributed by atoms with Gasteiger partial charge in [0, 0.05) is 12.7 Å². The maximum Gasteiger partial charge on any atom is 0.272 e. The van der Waals surface area contributed by atoms with Gasteiger partial charge in [0.1, 0.15) is 5.69 Å². The van der Waals surface area contributed by atoms with E-state index in [0.717, 1.165) is 31.5 Å². The topological polar surface area (TPSA) is 59.0 Å². The first kappa shape index (κ1) is 15.7. The summed E-state index contributed by atoms with van der Waals surface area (Å²) in [5.41, 5.74) is 2.79. The fourth-order valence-corrected chi connectivity index (χ4v) is 2.93. The smallest absolute Gasteiger partial charge is 0.272 e. The maximum atomic E-state index is 12.4. The molecular weight excluding hydrogens is 288 g/mol. The molecule has 122 valence electrons. The molecule has 1 aromatic carbocycles. The Kier molecular flexibility index (Phi) is 4.76. The summed E-state index contributed by atoms with van der Waals surface area (Å²) in [6.45, 7) is 6.03. The number of nitrogens with one attached hydrogen (secondary N) is 2. The molecule has 2 atom stereocenters. The van der Waals surface area contributed by atoms with E-state index < -0.39 is 0 Å². The van der Waals surface area contributed by atoms with Gasteiger partial charge < -0.3 is 10.6 Å². The average Bonchev–Trinajstić information content (AvgIpc) is 3.06. The van der Waals surface area contributed by atoms with Crippen molar-refractivity contribution in [1.82, 2.24) is 20.4 Å². The number of piperidine rings is 1. The van der Waals surface area contributed by atoms with Crippen LogP contribution in [0.2, 0.25) is 0 Å². The first-order chi connectivity index (χ1) is 11.1. The van der Waals surface area contributed by atoms with Crippen molar-refractivity contribution in [1.29, 1.82) is 0 Å². The quantitative estimate of drug-likeness (QED) is 0.912. The summed E-state index contributed by atoms with van der Waals surface area (Å²) in [4.78, 5) is 12.4. The zero-order valence-electron chi connectivity index (χ0n) is 13.7. The molecule has 0 aliphatic carbocycles. The standard InChI is InChI=1S/C18H24N4O/c1-13-5-7-15(8-6-13)14(2)20-18(23)17-9-11-22(21-17)16-4-3-10-19-12-16/h5-9,11,14,16,19H,3-4,10,12H2,1-2H3,(H,20,23). The van der Waals surface area contributed by atoms with Crippen LogP contribution in [0.3, 0.4) is 0 Å². The van der Waals surface area contributed by atoms with E-state index in [2.05, 4.69) is 34.8 Å². The normalized spacial score (nSPS) is 19.3. The number of aromatic nitrogens is 2. The highest BCUT2D eigenvalue weighted by molar-refractivity contribution is 5.92. The van der Waals surface area contributed by atoms with Crippen molar-refractivity contribution < 1.29 is 4.79 Å². The van der Waals surface area contributed by atoms with Crippen molar-refractivity contribution in [3.63, 3.8) is 0 Å². The predicted molar refractivity (Wildman–Crippen MR) is 90.4 cm³/mol. The summed E-state index contributed by atoms with van der Waals surface area (Å²) in [5, 5.41) is 10.8. The summed E-state index contributed by atoms with van der Waals surface area (Å²) < 4.78 is 1.91. The Hall–Kier alpha value is -2.14. The third-order valence-electron chi connectivity index (χ3n) is 4.41. The van der Waals surface area contributed by atoms with E-state index in [4.69, 9.17) is 0 Å². The van der Waals surface area contributed by atoms with Crippen LogP contribution < -0.4 is 10.6 Å². The molecule has 23 heavy (non-hydrogen) atoms. The molecular formula is C18H24N4O. The lowest BCUT2D eigenvalue weighted by molar-refractivity contribution is 0.0933. The molecule has 1 aromatic heterocycles. The number of carbonyl (C=O) groups is 1. The molecule has 1 aliphatic heterocycles. The van der Waals surface area contributed by atoms with Gasteiger partial charge in [-0.2, -0.15) is 5.10 Å². The van der Waals surface area contributed by atoms with Crippen LogP contribution in [0, 0.1) is 6.92 Å². The Labute approximate surface area is 137 Å². The molecule has 5 nitrogen and oxygen atoms in total. The van der Waals surface area contributed by atoms with Crippen LogP contribution in [-0.2, 0) is 0 Å². The molecule has 2 unspecified atom stereocenters. The van der Waals surface area contributed by atoms with Crippen molar-refractivity contribution in [2.75, 3.05) is 13.1 Å². The van der Waals surface area contributed by atoms with Crippen molar-refractivity contribution in [2.24, 2.45) is 0 Å². The molecule has 0 spiro atoms. The first-order valence-corrected chi connectivity index (χ1v) is 8.27. The molecule has 1 aliphatic rings. The highest BCUT2D eigenvalue weighted by atomic mass is 16.2. The maximum absolute atomic E-state index is 12.4. The molecule has 2 heterocycles. The third kappa shape index (κ3) is 3.79. The molecule has 1 saturated heterocycles. The van der Waals surface area contributed by atoms with Crippen molar-refractivity contribution >= 4 is 5.91 Å². The lowest BCUT2D eigenvalue weighted by Crippen LogP contribution is -2.32. The summed E-state index contributed by atoms with van der Waals surface area (Å²) >= 11 is 0. The van der Waals surface area contributed by atoms with E-state index in [9.17, 15) is 4.79 Å². The van der Waals surface area contributed by atoms with E-state index in [1.807, 2.05) is 29.9 Å². The Morgan fingerprint density at radius 2 is 2.13 bits per heavy atom. The largest absolute Gasteiger partial charge is 0.344 e. The van der Waals surface area contributed by atoms with Gasteiger partial charge in [-0.05, 0) is 44.9 Å². The van der Waals surface area contributed by atoms with Crippen LogP contribution in [0.15, 0.2) is 36.5 Å². The third-order valence-corrected chi connectivity index (χ3v) is 4.41. The van der Waals surface area contributed by atoms with E-state index >= 15 is 0 Å². The lowest BCUT2D eigenvalue weighted by Gasteiger charge is -2.22. The number of nitrogens with zero attached hydrogens (tertiary/aromatic N) is 2. The second-order valence-corrected chi connectivity index (χ2v) is 6.29. The summed E-state index contributed by atoms with van der Waals surface area (Å²) in [7, 11) is 0. The molecule has 0 bridgehead atoms. The molecule has 5 heteroatoms. The minimum Gasteiger partial charge on any atom is -0.344 e. The van der Waals surface area contributed by atoms with Gasteiger partial charge in [0.05, 0.1) is 12.1 Å². The summed E-state index contributed by atoms with van der Waals surface area (Å²) in [6.07, 6.45) is 4.16. The van der Waals surface area contributed by atoms with E-state index in [0.29, 0.717) is 11.7 Å². The van der Waals surface area contributed by atoms with Crippen LogP contribution in [0.1, 0.15) is 53.5 Å². The van der Waals surface area contributed by atoms with E-state index in [1.165, 1.54) is 5.56 Å². The second kappa shape index (κ2) is 6.96. The number of rotatable bonds is 4. The van der Waals surface area contributed by atoms with Crippen LogP contribution in [0.4, 0.5) is 0 Å². The number of hydrogen-bond donors (Lipinski definition) is 2. The fraction of sp³-hybridized carbons (Fsp3) is 0.444.